The molecule has 2 heterocycles. The molecule has 5 heteroatoms. The van der Waals surface area contributed by atoms with Crippen molar-refractivity contribution in [2.45, 2.75) is 12.6 Å². The zero-order valence-corrected chi connectivity index (χ0v) is 12.7. The van der Waals surface area contributed by atoms with Gasteiger partial charge in [-0.1, -0.05) is 12.1 Å². The summed E-state index contributed by atoms with van der Waals surface area (Å²) in [6.07, 6.45) is 5.42. The van der Waals surface area contributed by atoms with Gasteiger partial charge in [-0.2, -0.15) is 0 Å². The lowest BCUT2D eigenvalue weighted by atomic mass is 10.1. The van der Waals surface area contributed by atoms with Crippen molar-refractivity contribution in [2.75, 3.05) is 7.11 Å². The second kappa shape index (κ2) is 6.49. The Morgan fingerprint density at radius 1 is 1.32 bits per heavy atom. The molecule has 1 aromatic carbocycles. The zero-order valence-electron chi connectivity index (χ0n) is 12.7. The van der Waals surface area contributed by atoms with Gasteiger partial charge in [0.25, 0.3) is 0 Å². The van der Waals surface area contributed by atoms with E-state index in [2.05, 4.69) is 16.4 Å². The first-order chi connectivity index (χ1) is 10.8. The van der Waals surface area contributed by atoms with E-state index < -0.39 is 0 Å². The number of furan rings is 1. The van der Waals surface area contributed by atoms with Gasteiger partial charge in [-0.25, -0.2) is 4.98 Å². The average molecular weight is 297 g/mol. The maximum Gasteiger partial charge on any atom is 0.130 e. The summed E-state index contributed by atoms with van der Waals surface area (Å²) in [4.78, 5) is 4.48. The second-order valence-electron chi connectivity index (χ2n) is 5.07. The maximum atomic E-state index is 5.40. The molecule has 0 bridgehead atoms. The highest BCUT2D eigenvalue weighted by atomic mass is 16.5. The molecule has 0 aliphatic heterocycles. The number of aromatic nitrogens is 2. The number of aryl methyl sites for hydroxylation is 1. The second-order valence-corrected chi connectivity index (χ2v) is 5.07. The molecule has 0 saturated carbocycles. The van der Waals surface area contributed by atoms with E-state index in [1.807, 2.05) is 48.1 Å². The third kappa shape index (κ3) is 3.04. The van der Waals surface area contributed by atoms with E-state index in [4.69, 9.17) is 9.15 Å². The molecule has 0 aliphatic carbocycles. The first-order valence-corrected chi connectivity index (χ1v) is 7.15. The lowest BCUT2D eigenvalue weighted by Gasteiger charge is -2.19. The number of imidazole rings is 1. The lowest BCUT2D eigenvalue weighted by molar-refractivity contribution is 0.412. The summed E-state index contributed by atoms with van der Waals surface area (Å²) in [6.45, 7) is 0.627. The predicted octanol–water partition coefficient (Wildman–Crippen LogP) is 2.90. The van der Waals surface area contributed by atoms with Crippen LogP contribution >= 0.6 is 0 Å². The van der Waals surface area contributed by atoms with E-state index in [0.717, 1.165) is 22.9 Å². The van der Waals surface area contributed by atoms with Crippen molar-refractivity contribution in [1.29, 1.82) is 0 Å². The molecule has 0 saturated heterocycles. The Hall–Kier alpha value is -2.53. The highest BCUT2D eigenvalue weighted by Gasteiger charge is 2.18. The molecule has 3 aromatic rings. The van der Waals surface area contributed by atoms with Crippen LogP contribution < -0.4 is 10.1 Å². The minimum absolute atomic E-state index is 0.0415. The minimum atomic E-state index is -0.0415. The smallest absolute Gasteiger partial charge is 0.130 e. The summed E-state index contributed by atoms with van der Waals surface area (Å²) in [7, 11) is 3.66. The van der Waals surface area contributed by atoms with Gasteiger partial charge in [0.05, 0.1) is 26.0 Å². The molecule has 0 aliphatic rings. The molecule has 0 fully saturated rings. The lowest BCUT2D eigenvalue weighted by Crippen LogP contribution is -2.24. The molecule has 3 rings (SSSR count). The van der Waals surface area contributed by atoms with Crippen LogP contribution in [0.15, 0.2) is 59.5 Å². The van der Waals surface area contributed by atoms with E-state index in [-0.39, 0.29) is 6.04 Å². The maximum absolute atomic E-state index is 5.40. The van der Waals surface area contributed by atoms with E-state index in [1.165, 1.54) is 0 Å². The SMILES string of the molecule is COc1cccc(C(NCc2ccco2)c2nccn2C)c1. The van der Waals surface area contributed by atoms with E-state index >= 15 is 0 Å². The van der Waals surface area contributed by atoms with Crippen molar-refractivity contribution in [1.82, 2.24) is 14.9 Å². The third-order valence-corrected chi connectivity index (χ3v) is 3.60. The Labute approximate surface area is 129 Å². The summed E-state index contributed by atoms with van der Waals surface area (Å²) in [5, 5.41) is 3.50. The Kier molecular flexibility index (Phi) is 4.25. The van der Waals surface area contributed by atoms with Crippen molar-refractivity contribution < 1.29 is 9.15 Å². The van der Waals surface area contributed by atoms with Crippen molar-refractivity contribution in [3.05, 3.63) is 72.2 Å². The molecular weight excluding hydrogens is 278 g/mol. The number of hydrogen-bond acceptors (Lipinski definition) is 4. The molecule has 5 nitrogen and oxygen atoms in total. The van der Waals surface area contributed by atoms with Crippen LogP contribution in [0.2, 0.25) is 0 Å². The van der Waals surface area contributed by atoms with Gasteiger partial charge in [-0.15, -0.1) is 0 Å². The van der Waals surface area contributed by atoms with Gasteiger partial charge in [-0.05, 0) is 29.8 Å². The number of methoxy groups -OCH3 is 1. The number of nitrogens with one attached hydrogen (secondary N) is 1. The molecular formula is C17H19N3O2. The summed E-state index contributed by atoms with van der Waals surface area (Å²) < 4.78 is 12.7. The fraction of sp³-hybridized carbons (Fsp3) is 0.235. The van der Waals surface area contributed by atoms with Crippen molar-refractivity contribution in [2.24, 2.45) is 7.05 Å². The Balaban J connectivity index is 1.90. The Morgan fingerprint density at radius 3 is 2.91 bits per heavy atom. The monoisotopic (exact) mass is 297 g/mol. The Morgan fingerprint density at radius 2 is 2.23 bits per heavy atom. The summed E-state index contributed by atoms with van der Waals surface area (Å²) in [6, 6.07) is 11.8. The van der Waals surface area contributed by atoms with Crippen LogP contribution in [-0.2, 0) is 13.6 Å². The molecule has 2 aromatic heterocycles. The highest BCUT2D eigenvalue weighted by molar-refractivity contribution is 5.33. The summed E-state index contributed by atoms with van der Waals surface area (Å²) >= 11 is 0. The van der Waals surface area contributed by atoms with Gasteiger partial charge < -0.3 is 13.7 Å². The average Bonchev–Trinajstić information content (AvgIpc) is 3.20. The molecule has 0 spiro atoms. The van der Waals surface area contributed by atoms with Gasteiger partial charge >= 0.3 is 0 Å². The third-order valence-electron chi connectivity index (χ3n) is 3.60. The van der Waals surface area contributed by atoms with Crippen LogP contribution in [0.5, 0.6) is 5.75 Å². The van der Waals surface area contributed by atoms with Crippen LogP contribution in [0.1, 0.15) is 23.2 Å². The number of ether oxygens (including phenoxy) is 1. The minimum Gasteiger partial charge on any atom is -0.497 e. The number of hydrogen-bond donors (Lipinski definition) is 1. The normalized spacial score (nSPS) is 12.3. The number of rotatable bonds is 6. The number of benzene rings is 1. The zero-order chi connectivity index (χ0) is 15.4. The van der Waals surface area contributed by atoms with E-state index in [0.29, 0.717) is 6.54 Å². The van der Waals surface area contributed by atoms with Gasteiger partial charge in [0, 0.05) is 19.4 Å². The molecule has 0 amide bonds. The largest absolute Gasteiger partial charge is 0.497 e. The van der Waals surface area contributed by atoms with Crippen LogP contribution in [0.3, 0.4) is 0 Å². The highest BCUT2D eigenvalue weighted by Crippen LogP contribution is 2.24. The van der Waals surface area contributed by atoms with E-state index in [9.17, 15) is 0 Å². The van der Waals surface area contributed by atoms with Crippen LogP contribution in [0.25, 0.3) is 0 Å². The molecule has 0 radical (unpaired) electrons. The quantitative estimate of drug-likeness (QED) is 0.760. The molecule has 1 N–H and O–H groups in total. The van der Waals surface area contributed by atoms with Gasteiger partial charge in [-0.3, -0.25) is 5.32 Å². The van der Waals surface area contributed by atoms with Crippen LogP contribution in [0, 0.1) is 0 Å². The van der Waals surface area contributed by atoms with Crippen molar-refractivity contribution in [3.63, 3.8) is 0 Å². The summed E-state index contributed by atoms with van der Waals surface area (Å²) in [5.41, 5.74) is 1.10. The molecule has 1 unspecified atom stereocenters. The fourth-order valence-corrected chi connectivity index (χ4v) is 2.45. The topological polar surface area (TPSA) is 52.2 Å². The fourth-order valence-electron chi connectivity index (χ4n) is 2.45. The van der Waals surface area contributed by atoms with E-state index in [1.54, 1.807) is 19.6 Å². The van der Waals surface area contributed by atoms with Crippen molar-refractivity contribution in [3.8, 4) is 5.75 Å². The van der Waals surface area contributed by atoms with Gasteiger partial charge in [0.15, 0.2) is 0 Å². The standard InChI is InChI=1S/C17H19N3O2/c1-20-9-8-18-17(20)16(19-12-15-7-4-10-22-15)13-5-3-6-14(11-13)21-2/h3-11,16,19H,12H2,1-2H3. The van der Waals surface area contributed by atoms with Crippen molar-refractivity contribution >= 4 is 0 Å². The van der Waals surface area contributed by atoms with Gasteiger partial charge in [0.1, 0.15) is 17.3 Å². The van der Waals surface area contributed by atoms with Gasteiger partial charge in [0.2, 0.25) is 0 Å². The van der Waals surface area contributed by atoms with Crippen LogP contribution in [-0.4, -0.2) is 16.7 Å². The molecule has 114 valence electrons. The molecule has 22 heavy (non-hydrogen) atoms. The first kappa shape index (κ1) is 14.4. The van der Waals surface area contributed by atoms with Crippen LogP contribution in [0.4, 0.5) is 0 Å². The summed E-state index contributed by atoms with van der Waals surface area (Å²) in [5.74, 6) is 2.67. The molecule has 1 atom stereocenters. The first-order valence-electron chi connectivity index (χ1n) is 7.15. The predicted molar refractivity (Wildman–Crippen MR) is 83.6 cm³/mol. The Bertz CT molecular complexity index is 719. The number of nitrogens with zero attached hydrogens (tertiary/aromatic N) is 2.